The molecule has 0 aliphatic carbocycles. The van der Waals surface area contributed by atoms with Crippen molar-refractivity contribution in [3.8, 4) is 0 Å². The van der Waals surface area contributed by atoms with E-state index >= 15 is 0 Å². The zero-order valence-electron chi connectivity index (χ0n) is 18.2. The van der Waals surface area contributed by atoms with E-state index in [1.807, 2.05) is 23.5 Å². The Morgan fingerprint density at radius 2 is 1.66 bits per heavy atom. The second-order valence-electron chi connectivity index (χ2n) is 7.66. The molecule has 0 radical (unpaired) electrons. The maximum Gasteiger partial charge on any atom is 0.328 e. The van der Waals surface area contributed by atoms with E-state index in [0.29, 0.717) is 18.2 Å². The van der Waals surface area contributed by atoms with Crippen molar-refractivity contribution in [2.24, 2.45) is 0 Å². The first-order chi connectivity index (χ1) is 15.4. The smallest absolute Gasteiger partial charge is 0.328 e. The number of piperazine rings is 1. The van der Waals surface area contributed by atoms with Crippen LogP contribution in [0.3, 0.4) is 0 Å². The molecule has 0 spiro atoms. The molecule has 8 heteroatoms. The summed E-state index contributed by atoms with van der Waals surface area (Å²) in [6, 6.07) is 16.3. The second-order valence-corrected chi connectivity index (χ2v) is 9.56. The molecule has 2 aromatic carbocycles. The van der Waals surface area contributed by atoms with Crippen LogP contribution in [0.15, 0.2) is 69.3 Å². The van der Waals surface area contributed by atoms with Gasteiger partial charge < -0.3 is 15.1 Å². The highest BCUT2D eigenvalue weighted by atomic mass is 32.2. The zero-order chi connectivity index (χ0) is 23.1. The molecule has 1 unspecified atom stereocenters. The van der Waals surface area contributed by atoms with Crippen molar-refractivity contribution in [2.75, 3.05) is 39.5 Å². The molecule has 2 aliphatic rings. The Kier molecular flexibility index (Phi) is 8.81. The molecule has 0 amide bonds. The quantitative estimate of drug-likeness (QED) is 0.508. The summed E-state index contributed by atoms with van der Waals surface area (Å²) in [6.45, 7) is 4.67. The number of carbonyl (C=O) groups is 2. The van der Waals surface area contributed by atoms with Crippen molar-refractivity contribution < 1.29 is 19.8 Å². The summed E-state index contributed by atoms with van der Waals surface area (Å²) in [5, 5.41) is 15.6. The predicted octanol–water partition coefficient (Wildman–Crippen LogP) is 4.12. The molecule has 4 rings (SSSR count). The third-order valence-corrected chi connectivity index (χ3v) is 7.72. The minimum absolute atomic E-state index is 0.497. The second kappa shape index (κ2) is 11.6. The van der Waals surface area contributed by atoms with Gasteiger partial charge in [0.25, 0.3) is 0 Å². The maximum absolute atomic E-state index is 9.55. The largest absolute Gasteiger partial charge is 0.478 e. The van der Waals surface area contributed by atoms with Gasteiger partial charge in [0, 0.05) is 59.1 Å². The van der Waals surface area contributed by atoms with E-state index in [2.05, 4.69) is 65.6 Å². The number of rotatable bonds is 4. The monoisotopic (exact) mass is 472 g/mol. The number of aliphatic carboxylic acids is 2. The first kappa shape index (κ1) is 24.4. The molecule has 0 aromatic heterocycles. The van der Waals surface area contributed by atoms with Gasteiger partial charge >= 0.3 is 11.9 Å². The number of likely N-dealkylation sites (N-methyl/N-ethyl adjacent to an activating group) is 1. The van der Waals surface area contributed by atoms with E-state index in [4.69, 9.17) is 10.2 Å². The Hall–Kier alpha value is -2.26. The number of fused-ring (bicyclic) bond motifs is 2. The molecule has 1 saturated heterocycles. The fourth-order valence-electron chi connectivity index (χ4n) is 3.87. The molecule has 32 heavy (non-hydrogen) atoms. The van der Waals surface area contributed by atoms with Crippen molar-refractivity contribution in [2.45, 2.75) is 27.1 Å². The highest BCUT2D eigenvalue weighted by Gasteiger charge is 2.30. The van der Waals surface area contributed by atoms with E-state index in [-0.39, 0.29) is 0 Å². The summed E-state index contributed by atoms with van der Waals surface area (Å²) in [7, 11) is 2.23. The van der Waals surface area contributed by atoms with Crippen molar-refractivity contribution in [1.29, 1.82) is 0 Å². The van der Waals surface area contributed by atoms with Gasteiger partial charge in [-0.3, -0.25) is 4.90 Å². The van der Waals surface area contributed by atoms with Gasteiger partial charge in [0.2, 0.25) is 0 Å². The van der Waals surface area contributed by atoms with Gasteiger partial charge in [0.1, 0.15) is 0 Å². The molecular weight excluding hydrogens is 444 g/mol. The number of hydrogen-bond donors (Lipinski definition) is 2. The lowest BCUT2D eigenvalue weighted by Crippen LogP contribution is -2.46. The molecule has 2 heterocycles. The van der Waals surface area contributed by atoms with Crippen molar-refractivity contribution in [1.82, 2.24) is 9.80 Å². The Balaban J connectivity index is 0.000000312. The topological polar surface area (TPSA) is 81.1 Å². The predicted molar refractivity (Wildman–Crippen MR) is 129 cm³/mol. The molecule has 2 aliphatic heterocycles. The number of thioether (sulfide) groups is 1. The molecule has 170 valence electrons. The molecule has 1 fully saturated rings. The SMILES string of the molecule is CSc1cccc2c1Sc1ccccc1CC2N1CCN(C)CC1.O=C(O)C=CC(=O)O. The molecule has 0 bridgehead atoms. The fourth-order valence-corrected chi connectivity index (χ4v) is 5.90. The van der Waals surface area contributed by atoms with Gasteiger partial charge in [-0.1, -0.05) is 42.1 Å². The van der Waals surface area contributed by atoms with Crippen LogP contribution >= 0.6 is 23.5 Å². The summed E-state index contributed by atoms with van der Waals surface area (Å²) in [4.78, 5) is 28.6. The van der Waals surface area contributed by atoms with Crippen LogP contribution in [0.25, 0.3) is 0 Å². The normalized spacial score (nSPS) is 18.8. The van der Waals surface area contributed by atoms with Crippen LogP contribution in [0.2, 0.25) is 0 Å². The van der Waals surface area contributed by atoms with Crippen molar-refractivity contribution in [3.05, 3.63) is 65.7 Å². The van der Waals surface area contributed by atoms with Crippen LogP contribution in [-0.2, 0) is 16.0 Å². The van der Waals surface area contributed by atoms with E-state index in [1.165, 1.54) is 38.9 Å². The molecule has 2 aromatic rings. The van der Waals surface area contributed by atoms with Gasteiger partial charge in [-0.2, -0.15) is 0 Å². The Labute approximate surface area is 197 Å². The average Bonchev–Trinajstić information content (AvgIpc) is 2.95. The first-order valence-electron chi connectivity index (χ1n) is 10.4. The summed E-state index contributed by atoms with van der Waals surface area (Å²) in [5.74, 6) is -2.51. The third-order valence-electron chi connectivity index (χ3n) is 5.53. The van der Waals surface area contributed by atoms with Gasteiger partial charge in [0.15, 0.2) is 0 Å². The lowest BCUT2D eigenvalue weighted by atomic mass is 9.96. The number of nitrogens with zero attached hydrogens (tertiary/aromatic N) is 2. The summed E-state index contributed by atoms with van der Waals surface area (Å²) >= 11 is 3.83. The lowest BCUT2D eigenvalue weighted by Gasteiger charge is -2.38. The Morgan fingerprint density at radius 3 is 2.28 bits per heavy atom. The average molecular weight is 473 g/mol. The van der Waals surface area contributed by atoms with Crippen LogP contribution in [0.4, 0.5) is 0 Å². The number of hydrogen-bond acceptors (Lipinski definition) is 6. The van der Waals surface area contributed by atoms with Gasteiger partial charge in [-0.15, -0.1) is 11.8 Å². The zero-order valence-corrected chi connectivity index (χ0v) is 19.9. The van der Waals surface area contributed by atoms with E-state index in [9.17, 15) is 9.59 Å². The fraction of sp³-hybridized carbons (Fsp3) is 0.333. The summed E-state index contributed by atoms with van der Waals surface area (Å²) in [6.07, 6.45) is 4.43. The van der Waals surface area contributed by atoms with Crippen LogP contribution in [0.1, 0.15) is 17.2 Å². The number of benzene rings is 2. The van der Waals surface area contributed by atoms with Gasteiger partial charge in [-0.05, 0) is 43.0 Å². The molecule has 0 saturated carbocycles. The minimum Gasteiger partial charge on any atom is -0.478 e. The third kappa shape index (κ3) is 6.38. The lowest BCUT2D eigenvalue weighted by molar-refractivity contribution is -0.134. The first-order valence-corrected chi connectivity index (χ1v) is 12.4. The van der Waals surface area contributed by atoms with E-state index in [1.54, 1.807) is 0 Å². The van der Waals surface area contributed by atoms with Crippen LogP contribution in [0.5, 0.6) is 0 Å². The Morgan fingerprint density at radius 1 is 1.00 bits per heavy atom. The molecule has 1 atom stereocenters. The number of carboxylic acids is 2. The van der Waals surface area contributed by atoms with E-state index < -0.39 is 11.9 Å². The van der Waals surface area contributed by atoms with E-state index in [0.717, 1.165) is 19.5 Å². The van der Waals surface area contributed by atoms with Crippen LogP contribution in [0, 0.1) is 0 Å². The van der Waals surface area contributed by atoms with Crippen LogP contribution in [-0.4, -0.2) is 71.4 Å². The van der Waals surface area contributed by atoms with Gasteiger partial charge in [0.05, 0.1) is 0 Å². The van der Waals surface area contributed by atoms with Gasteiger partial charge in [-0.25, -0.2) is 9.59 Å². The van der Waals surface area contributed by atoms with Crippen molar-refractivity contribution in [3.63, 3.8) is 0 Å². The van der Waals surface area contributed by atoms with Crippen LogP contribution < -0.4 is 0 Å². The Bertz CT molecular complexity index is 972. The standard InChI is InChI=1S/C20H24N2S2.C4H4O4/c1-21-10-12-22(13-11-21)17-14-15-6-3-4-8-18(15)24-20-16(17)7-5-9-19(20)23-2;5-3(6)1-2-4(7)8/h3-9,17H,10-14H2,1-2H3;1-2H,(H,5,6)(H,7,8). The highest BCUT2D eigenvalue weighted by Crippen LogP contribution is 2.46. The molecule has 6 nitrogen and oxygen atoms in total. The summed E-state index contributed by atoms with van der Waals surface area (Å²) in [5.41, 5.74) is 3.02. The highest BCUT2D eigenvalue weighted by molar-refractivity contribution is 8.02. The minimum atomic E-state index is -1.26. The molecular formula is C24H28N2O4S2. The maximum atomic E-state index is 9.55. The summed E-state index contributed by atoms with van der Waals surface area (Å²) < 4.78 is 0. The molecule has 2 N–H and O–H groups in total. The number of carboxylic acid groups (broad SMARTS) is 2. The van der Waals surface area contributed by atoms with Crippen molar-refractivity contribution >= 4 is 35.5 Å².